The second-order valence-electron chi connectivity index (χ2n) is 2.65. The molecule has 0 unspecified atom stereocenters. The van der Waals surface area contributed by atoms with Crippen molar-refractivity contribution >= 4 is 10.1 Å². The molecule has 0 heterocycles. The lowest BCUT2D eigenvalue weighted by atomic mass is 10.2. The zero-order valence-electron chi connectivity index (χ0n) is 6.25. The zero-order chi connectivity index (χ0) is 8.41. The van der Waals surface area contributed by atoms with Crippen LogP contribution in [0.25, 0.3) is 0 Å². The summed E-state index contributed by atoms with van der Waals surface area (Å²) in [5.74, 6) is 0. The molecule has 4 nitrogen and oxygen atoms in total. The SMILES string of the molecule is COCC(C)(C)S(=O)(=O)[O-]. The lowest BCUT2D eigenvalue weighted by molar-refractivity contribution is 0.170. The molecule has 0 atom stereocenters. The van der Waals surface area contributed by atoms with Crippen LogP contribution in [0.3, 0.4) is 0 Å². The third-order valence-electron chi connectivity index (χ3n) is 1.17. The van der Waals surface area contributed by atoms with E-state index in [1.165, 1.54) is 21.0 Å². The fourth-order valence-corrected chi connectivity index (χ4v) is 0.682. The molecular formula is C5H11O4S-. The Hall–Kier alpha value is -0.130. The van der Waals surface area contributed by atoms with Crippen molar-refractivity contribution in [2.75, 3.05) is 13.7 Å². The monoisotopic (exact) mass is 167 g/mol. The minimum Gasteiger partial charge on any atom is -0.747 e. The molecule has 0 bridgehead atoms. The lowest BCUT2D eigenvalue weighted by Gasteiger charge is -2.26. The van der Waals surface area contributed by atoms with E-state index in [2.05, 4.69) is 4.74 Å². The highest BCUT2D eigenvalue weighted by atomic mass is 32.2. The van der Waals surface area contributed by atoms with Crippen LogP contribution in [0.15, 0.2) is 0 Å². The van der Waals surface area contributed by atoms with Crippen LogP contribution in [0.5, 0.6) is 0 Å². The average molecular weight is 167 g/mol. The molecule has 0 N–H and O–H groups in total. The number of ether oxygens (including phenoxy) is 1. The number of methoxy groups -OCH3 is 1. The van der Waals surface area contributed by atoms with Crippen molar-refractivity contribution in [1.82, 2.24) is 0 Å². The maximum atomic E-state index is 10.4. The summed E-state index contributed by atoms with van der Waals surface area (Å²) in [6.07, 6.45) is 0. The Kier molecular flexibility index (Phi) is 2.82. The van der Waals surface area contributed by atoms with Gasteiger partial charge in [0.25, 0.3) is 0 Å². The van der Waals surface area contributed by atoms with Crippen molar-refractivity contribution in [3.05, 3.63) is 0 Å². The molecule has 5 heteroatoms. The van der Waals surface area contributed by atoms with Gasteiger partial charge >= 0.3 is 0 Å². The van der Waals surface area contributed by atoms with Gasteiger partial charge in [0, 0.05) is 7.11 Å². The molecular weight excluding hydrogens is 156 g/mol. The first-order valence-corrected chi connectivity index (χ1v) is 4.16. The molecule has 0 saturated carbocycles. The Labute approximate surface area is 60.9 Å². The summed E-state index contributed by atoms with van der Waals surface area (Å²) in [5, 5.41) is 0. The van der Waals surface area contributed by atoms with Crippen LogP contribution in [0.1, 0.15) is 13.8 Å². The van der Waals surface area contributed by atoms with Crippen molar-refractivity contribution in [3.8, 4) is 0 Å². The molecule has 0 saturated heterocycles. The van der Waals surface area contributed by atoms with E-state index in [-0.39, 0.29) is 6.61 Å². The van der Waals surface area contributed by atoms with Gasteiger partial charge in [0.1, 0.15) is 10.1 Å². The van der Waals surface area contributed by atoms with E-state index in [1.54, 1.807) is 0 Å². The molecule has 0 aromatic rings. The molecule has 0 aliphatic rings. The zero-order valence-corrected chi connectivity index (χ0v) is 7.06. The predicted octanol–water partition coefficient (Wildman–Crippen LogP) is -0.0434. The summed E-state index contributed by atoms with van der Waals surface area (Å²) in [5.41, 5.74) is 0. The van der Waals surface area contributed by atoms with Gasteiger partial charge in [-0.2, -0.15) is 0 Å². The van der Waals surface area contributed by atoms with Gasteiger partial charge < -0.3 is 9.29 Å². The molecule has 0 aromatic carbocycles. The van der Waals surface area contributed by atoms with E-state index in [9.17, 15) is 13.0 Å². The number of hydrogen-bond acceptors (Lipinski definition) is 4. The first kappa shape index (κ1) is 9.87. The van der Waals surface area contributed by atoms with Crippen LogP contribution in [0.4, 0.5) is 0 Å². The summed E-state index contributed by atoms with van der Waals surface area (Å²) in [6.45, 7) is 2.59. The third-order valence-corrected chi connectivity index (χ3v) is 2.64. The van der Waals surface area contributed by atoms with Gasteiger partial charge in [0.15, 0.2) is 0 Å². The summed E-state index contributed by atoms with van der Waals surface area (Å²) < 4.78 is 34.5. The molecule has 0 rings (SSSR count). The molecule has 0 aliphatic carbocycles. The summed E-state index contributed by atoms with van der Waals surface area (Å²) in [4.78, 5) is 0. The molecule has 10 heavy (non-hydrogen) atoms. The van der Waals surface area contributed by atoms with Gasteiger partial charge in [-0.1, -0.05) is 0 Å². The van der Waals surface area contributed by atoms with E-state index >= 15 is 0 Å². The summed E-state index contributed by atoms with van der Waals surface area (Å²) in [6, 6.07) is 0. The largest absolute Gasteiger partial charge is 0.747 e. The minimum absolute atomic E-state index is 0.0706. The van der Waals surface area contributed by atoms with E-state index in [0.29, 0.717) is 0 Å². The Morgan fingerprint density at radius 2 is 1.90 bits per heavy atom. The van der Waals surface area contributed by atoms with E-state index in [1.807, 2.05) is 0 Å². The highest BCUT2D eigenvalue weighted by Gasteiger charge is 2.25. The molecule has 0 aliphatic heterocycles. The standard InChI is InChI=1S/C5H12O4S/c1-5(2,4-9-3)10(6,7)8/h4H2,1-3H3,(H,6,7,8)/p-1. The lowest BCUT2D eigenvalue weighted by Crippen LogP contribution is -2.36. The fourth-order valence-electron chi connectivity index (χ4n) is 0.420. The Morgan fingerprint density at radius 1 is 1.50 bits per heavy atom. The van der Waals surface area contributed by atoms with Crippen molar-refractivity contribution in [2.45, 2.75) is 18.6 Å². The second kappa shape index (κ2) is 2.86. The minimum atomic E-state index is -4.24. The van der Waals surface area contributed by atoms with Crippen LogP contribution in [0, 0.1) is 0 Å². The van der Waals surface area contributed by atoms with Gasteiger partial charge in [-0.25, -0.2) is 8.42 Å². The van der Waals surface area contributed by atoms with E-state index < -0.39 is 14.9 Å². The van der Waals surface area contributed by atoms with Crippen LogP contribution in [0.2, 0.25) is 0 Å². The van der Waals surface area contributed by atoms with Gasteiger partial charge in [0.05, 0.1) is 11.4 Å². The van der Waals surface area contributed by atoms with Crippen LogP contribution in [-0.4, -0.2) is 31.4 Å². The molecule has 0 amide bonds. The Balaban J connectivity index is 4.42. The Morgan fingerprint density at radius 3 is 2.00 bits per heavy atom. The third kappa shape index (κ3) is 2.24. The van der Waals surface area contributed by atoms with Crippen molar-refractivity contribution < 1.29 is 17.7 Å². The predicted molar refractivity (Wildman–Crippen MR) is 35.7 cm³/mol. The van der Waals surface area contributed by atoms with Crippen molar-refractivity contribution in [3.63, 3.8) is 0 Å². The van der Waals surface area contributed by atoms with E-state index in [4.69, 9.17) is 0 Å². The van der Waals surface area contributed by atoms with Crippen LogP contribution in [-0.2, 0) is 14.9 Å². The number of rotatable bonds is 3. The molecule has 0 spiro atoms. The smallest absolute Gasteiger partial charge is 0.102 e. The first-order chi connectivity index (χ1) is 4.31. The average Bonchev–Trinajstić information content (AvgIpc) is 1.61. The molecule has 0 aromatic heterocycles. The fraction of sp³-hybridized carbons (Fsp3) is 1.00. The number of hydrogen-bond donors (Lipinski definition) is 0. The summed E-state index contributed by atoms with van der Waals surface area (Å²) >= 11 is 0. The first-order valence-electron chi connectivity index (χ1n) is 2.75. The van der Waals surface area contributed by atoms with Crippen molar-refractivity contribution in [2.24, 2.45) is 0 Å². The highest BCUT2D eigenvalue weighted by molar-refractivity contribution is 7.87. The quantitative estimate of drug-likeness (QED) is 0.553. The molecule has 0 fully saturated rings. The second-order valence-corrected chi connectivity index (χ2v) is 4.66. The normalized spacial score (nSPS) is 13.6. The molecule has 0 radical (unpaired) electrons. The van der Waals surface area contributed by atoms with E-state index in [0.717, 1.165) is 0 Å². The van der Waals surface area contributed by atoms with Gasteiger partial charge in [-0.15, -0.1) is 0 Å². The van der Waals surface area contributed by atoms with Crippen LogP contribution >= 0.6 is 0 Å². The maximum Gasteiger partial charge on any atom is 0.102 e. The molecule has 62 valence electrons. The maximum absolute atomic E-state index is 10.4. The van der Waals surface area contributed by atoms with Gasteiger partial charge in [-0.05, 0) is 13.8 Å². The summed E-state index contributed by atoms with van der Waals surface area (Å²) in [7, 11) is -2.89. The van der Waals surface area contributed by atoms with Gasteiger partial charge in [0.2, 0.25) is 0 Å². The van der Waals surface area contributed by atoms with Gasteiger partial charge in [-0.3, -0.25) is 0 Å². The topological polar surface area (TPSA) is 66.4 Å². The highest BCUT2D eigenvalue weighted by Crippen LogP contribution is 2.13. The Bertz CT molecular complexity index is 192. The van der Waals surface area contributed by atoms with Crippen LogP contribution < -0.4 is 0 Å². The van der Waals surface area contributed by atoms with Crippen molar-refractivity contribution in [1.29, 1.82) is 0 Å².